The minimum Gasteiger partial charge on any atom is -0.369 e. The molecule has 0 spiro atoms. The van der Waals surface area contributed by atoms with Gasteiger partial charge < -0.3 is 20.3 Å². The molecule has 3 saturated heterocycles. The number of benzene rings is 1. The summed E-state index contributed by atoms with van der Waals surface area (Å²) in [5.74, 6) is -1.63. The maximum Gasteiger partial charge on any atom is 0.249 e. The Balaban J connectivity index is 1.69. The number of ketones is 1. The van der Waals surface area contributed by atoms with E-state index in [0.29, 0.717) is 23.6 Å². The van der Waals surface area contributed by atoms with Gasteiger partial charge in [-0.25, -0.2) is 0 Å². The zero-order chi connectivity index (χ0) is 26.9. The van der Waals surface area contributed by atoms with E-state index >= 15 is 0 Å². The summed E-state index contributed by atoms with van der Waals surface area (Å²) in [5.41, 5.74) is 16.6. The van der Waals surface area contributed by atoms with Gasteiger partial charge in [-0.15, -0.1) is 0 Å². The molecule has 4 rings (SSSR count). The number of nitrogens with zero attached hydrogens (tertiary/aromatic N) is 6. The molecule has 0 aliphatic carbocycles. The molecular formula is C26H37N7O4. The number of Topliss-reactive ketones (excluding diaryl/α,β-unsaturated/α-hetero) is 1. The number of likely N-dealkylation sites (tertiary alicyclic amines) is 1. The molecule has 1 aromatic rings. The van der Waals surface area contributed by atoms with Crippen molar-refractivity contribution in [3.8, 4) is 0 Å². The Hall–Kier alpha value is -3.14. The lowest BCUT2D eigenvalue weighted by Crippen LogP contribution is -2.49. The van der Waals surface area contributed by atoms with Gasteiger partial charge in [0.05, 0.1) is 18.1 Å². The van der Waals surface area contributed by atoms with Crippen LogP contribution in [0.5, 0.6) is 0 Å². The minimum absolute atomic E-state index is 0.0985. The highest BCUT2D eigenvalue weighted by atomic mass is 16.5. The smallest absolute Gasteiger partial charge is 0.249 e. The van der Waals surface area contributed by atoms with Crippen molar-refractivity contribution in [2.45, 2.75) is 64.3 Å². The van der Waals surface area contributed by atoms with Gasteiger partial charge in [-0.05, 0) is 55.5 Å². The summed E-state index contributed by atoms with van der Waals surface area (Å²) in [4.78, 5) is 48.3. The number of piperazine rings is 1. The van der Waals surface area contributed by atoms with E-state index in [0.717, 1.165) is 31.9 Å². The van der Waals surface area contributed by atoms with Gasteiger partial charge in [-0.2, -0.15) is 0 Å². The first-order valence-electron chi connectivity index (χ1n) is 13.0. The molecule has 2 N–H and O–H groups in total. The van der Waals surface area contributed by atoms with Crippen LogP contribution in [0.3, 0.4) is 0 Å². The number of carbonyl (C=O) groups is 3. The number of amides is 2. The number of carbonyl (C=O) groups excluding carboxylic acids is 3. The second-order valence-corrected chi connectivity index (χ2v) is 10.9. The lowest BCUT2D eigenvalue weighted by atomic mass is 9.85. The fraction of sp³-hybridized carbons (Fsp3) is 0.654. The molecule has 0 saturated carbocycles. The summed E-state index contributed by atoms with van der Waals surface area (Å²) in [7, 11) is 0. The Morgan fingerprint density at radius 3 is 2.49 bits per heavy atom. The monoisotopic (exact) mass is 511 g/mol. The maximum atomic E-state index is 14.1. The molecule has 11 nitrogen and oxygen atoms in total. The Morgan fingerprint density at radius 2 is 1.89 bits per heavy atom. The van der Waals surface area contributed by atoms with Gasteiger partial charge in [0.2, 0.25) is 11.8 Å². The first kappa shape index (κ1) is 26.9. The highest BCUT2D eigenvalue weighted by Gasteiger charge is 2.53. The van der Waals surface area contributed by atoms with Gasteiger partial charge in [0.1, 0.15) is 12.6 Å². The molecule has 2 amide bonds. The maximum absolute atomic E-state index is 14.1. The lowest BCUT2D eigenvalue weighted by Gasteiger charge is -2.38. The van der Waals surface area contributed by atoms with E-state index in [2.05, 4.69) is 33.7 Å². The van der Waals surface area contributed by atoms with Crippen LogP contribution in [0.25, 0.3) is 10.4 Å². The van der Waals surface area contributed by atoms with Crippen molar-refractivity contribution in [2.24, 2.45) is 16.8 Å². The summed E-state index contributed by atoms with van der Waals surface area (Å²) in [6.45, 7) is 11.9. The molecule has 0 bridgehead atoms. The zero-order valence-corrected chi connectivity index (χ0v) is 22.0. The van der Waals surface area contributed by atoms with Crippen molar-refractivity contribution in [2.75, 3.05) is 44.2 Å². The zero-order valence-electron chi connectivity index (χ0n) is 22.0. The number of nitrogens with two attached hydrogens (primary N) is 1. The number of anilines is 1. The molecule has 37 heavy (non-hydrogen) atoms. The van der Waals surface area contributed by atoms with E-state index in [9.17, 15) is 14.4 Å². The average molecular weight is 512 g/mol. The van der Waals surface area contributed by atoms with Crippen LogP contribution in [-0.2, 0) is 14.3 Å². The number of primary amides is 1. The van der Waals surface area contributed by atoms with E-state index in [1.165, 1.54) is 4.90 Å². The van der Waals surface area contributed by atoms with E-state index in [1.54, 1.807) is 6.07 Å². The van der Waals surface area contributed by atoms with Gasteiger partial charge >= 0.3 is 0 Å². The second-order valence-electron chi connectivity index (χ2n) is 10.9. The van der Waals surface area contributed by atoms with Crippen LogP contribution in [0.2, 0.25) is 0 Å². The molecule has 0 radical (unpaired) electrons. The fourth-order valence-corrected chi connectivity index (χ4v) is 5.81. The van der Waals surface area contributed by atoms with Crippen molar-refractivity contribution < 1.29 is 19.1 Å². The van der Waals surface area contributed by atoms with Crippen molar-refractivity contribution in [3.05, 3.63) is 39.8 Å². The van der Waals surface area contributed by atoms with Gasteiger partial charge in [0.25, 0.3) is 0 Å². The largest absolute Gasteiger partial charge is 0.369 e. The summed E-state index contributed by atoms with van der Waals surface area (Å²) in [6.07, 6.45) is -0.176. The topological polar surface area (TPSA) is 145 Å². The predicted molar refractivity (Wildman–Crippen MR) is 139 cm³/mol. The molecule has 4 atom stereocenters. The van der Waals surface area contributed by atoms with Crippen LogP contribution in [0.4, 0.5) is 5.69 Å². The van der Waals surface area contributed by atoms with Gasteiger partial charge in [-0.1, -0.05) is 19.0 Å². The van der Waals surface area contributed by atoms with E-state index in [4.69, 9.17) is 16.0 Å². The molecule has 3 aliphatic heterocycles. The summed E-state index contributed by atoms with van der Waals surface area (Å²) in [6, 6.07) is 4.57. The predicted octanol–water partition coefficient (Wildman–Crippen LogP) is 2.30. The van der Waals surface area contributed by atoms with Crippen molar-refractivity contribution in [3.63, 3.8) is 0 Å². The Morgan fingerprint density at radius 1 is 1.19 bits per heavy atom. The van der Waals surface area contributed by atoms with Crippen molar-refractivity contribution >= 4 is 23.3 Å². The highest BCUT2D eigenvalue weighted by Crippen LogP contribution is 2.37. The molecule has 0 unspecified atom stereocenters. The third kappa shape index (κ3) is 5.44. The molecule has 3 aliphatic rings. The van der Waals surface area contributed by atoms with Crippen LogP contribution >= 0.6 is 0 Å². The number of hydrogen-bond donors (Lipinski definition) is 1. The average Bonchev–Trinajstić information content (AvgIpc) is 3.42. The molecule has 11 heteroatoms. The number of hydrogen-bond acceptors (Lipinski definition) is 7. The summed E-state index contributed by atoms with van der Waals surface area (Å²) >= 11 is 0. The molecule has 1 aromatic carbocycles. The summed E-state index contributed by atoms with van der Waals surface area (Å²) in [5, 5.41) is 3.79. The quantitative estimate of drug-likeness (QED) is 0.322. The van der Waals surface area contributed by atoms with Gasteiger partial charge in [0, 0.05) is 54.9 Å². The van der Waals surface area contributed by atoms with Crippen LogP contribution in [0.1, 0.15) is 56.0 Å². The van der Waals surface area contributed by atoms with E-state index in [1.807, 2.05) is 26.0 Å². The van der Waals surface area contributed by atoms with Crippen LogP contribution in [0.15, 0.2) is 23.3 Å². The number of fused-ring (bicyclic) bond motifs is 1. The molecule has 200 valence electrons. The highest BCUT2D eigenvalue weighted by molar-refractivity contribution is 5.99. The third-order valence-electron chi connectivity index (χ3n) is 7.73. The fourth-order valence-electron chi connectivity index (χ4n) is 5.81. The molecule has 0 aromatic heterocycles. The molecule has 3 fully saturated rings. The third-order valence-corrected chi connectivity index (χ3v) is 7.73. The Labute approximate surface area is 217 Å². The van der Waals surface area contributed by atoms with Gasteiger partial charge in [-0.3, -0.25) is 19.3 Å². The van der Waals surface area contributed by atoms with E-state index < -0.39 is 30.0 Å². The van der Waals surface area contributed by atoms with Crippen molar-refractivity contribution in [1.82, 2.24) is 9.80 Å². The van der Waals surface area contributed by atoms with Gasteiger partial charge in [0.15, 0.2) is 5.78 Å². The SMILES string of the molecule is CC(C)C[C@H](C(=O)N1C[C@@H](N=[N+]=[N-])[C@H]2OCC(=O)[C@H]21)c1cc(N2CCN(C(C)C)CC2)ccc1C(N)=O. The van der Waals surface area contributed by atoms with Crippen LogP contribution < -0.4 is 10.6 Å². The van der Waals surface area contributed by atoms with Crippen LogP contribution in [-0.4, -0.2) is 91.0 Å². The number of azide groups is 1. The van der Waals surface area contributed by atoms with E-state index in [-0.39, 0.29) is 30.8 Å². The number of ether oxygens (including phenoxy) is 1. The minimum atomic E-state index is -0.790. The Bertz CT molecular complexity index is 1090. The molecular weight excluding hydrogens is 474 g/mol. The first-order chi connectivity index (χ1) is 17.6. The number of rotatable bonds is 8. The summed E-state index contributed by atoms with van der Waals surface area (Å²) < 4.78 is 5.59. The molecule has 3 heterocycles. The second kappa shape index (κ2) is 11.1. The normalized spacial score (nSPS) is 24.9. The van der Waals surface area contributed by atoms with Crippen LogP contribution in [0, 0.1) is 5.92 Å². The lowest BCUT2D eigenvalue weighted by molar-refractivity contribution is -0.138. The Kier molecular flexibility index (Phi) is 8.06. The van der Waals surface area contributed by atoms with Crippen molar-refractivity contribution in [1.29, 1.82) is 0 Å². The first-order valence-corrected chi connectivity index (χ1v) is 13.0. The standard InChI is InChI=1S/C26H37N7O4/c1-15(2)11-20(26(36)33-13-21(29-30-28)24-23(33)22(34)14-37-24)19-12-17(5-6-18(19)25(27)35)32-9-7-31(8-10-32)16(3)4/h5-6,12,15-16,20-21,23-24H,7-11,13-14H2,1-4H3,(H2,27,35)/t20-,21+,23+,24+/m0/s1.